The third-order valence-electron chi connectivity index (χ3n) is 3.20. The summed E-state index contributed by atoms with van der Waals surface area (Å²) in [5.41, 5.74) is 2.23. The zero-order valence-electron chi connectivity index (χ0n) is 13.6. The van der Waals surface area contributed by atoms with Crippen molar-refractivity contribution in [2.75, 3.05) is 20.1 Å². The number of thiazole rings is 1. The Balaban J connectivity index is 0.00000264. The first-order valence-corrected chi connectivity index (χ1v) is 8.47. The molecular formula is C16H24IN5S. The number of rotatable bonds is 7. The molecule has 0 saturated heterocycles. The third-order valence-corrected chi connectivity index (χ3v) is 4.24. The van der Waals surface area contributed by atoms with Gasteiger partial charge in [-0.25, -0.2) is 4.98 Å². The van der Waals surface area contributed by atoms with Crippen molar-refractivity contribution in [2.24, 2.45) is 4.99 Å². The smallest absolute Gasteiger partial charge is 0.191 e. The van der Waals surface area contributed by atoms with Crippen LogP contribution in [0, 0.1) is 0 Å². The topological polar surface area (TPSA) is 62.2 Å². The maximum absolute atomic E-state index is 4.56. The summed E-state index contributed by atoms with van der Waals surface area (Å²) >= 11 is 1.73. The quantitative estimate of drug-likeness (QED) is 0.391. The molecule has 2 N–H and O–H groups in total. The van der Waals surface area contributed by atoms with E-state index >= 15 is 0 Å². The van der Waals surface area contributed by atoms with Crippen LogP contribution in [0.15, 0.2) is 34.8 Å². The van der Waals surface area contributed by atoms with Crippen LogP contribution in [0.4, 0.5) is 0 Å². The third kappa shape index (κ3) is 7.26. The molecule has 0 radical (unpaired) electrons. The first-order valence-electron chi connectivity index (χ1n) is 7.59. The van der Waals surface area contributed by atoms with Gasteiger partial charge in [0.25, 0.3) is 0 Å². The summed E-state index contributed by atoms with van der Waals surface area (Å²) in [6.45, 7) is 3.78. The number of aromatic nitrogens is 2. The molecule has 7 heteroatoms. The number of halogens is 1. The van der Waals surface area contributed by atoms with Gasteiger partial charge in [-0.2, -0.15) is 0 Å². The number of nitrogens with one attached hydrogen (secondary N) is 2. The number of hydrogen-bond acceptors (Lipinski definition) is 4. The number of hydrogen-bond donors (Lipinski definition) is 2. The molecule has 0 fully saturated rings. The van der Waals surface area contributed by atoms with Crippen molar-refractivity contribution in [3.8, 4) is 0 Å². The van der Waals surface area contributed by atoms with E-state index in [1.165, 1.54) is 5.01 Å². The lowest BCUT2D eigenvalue weighted by Crippen LogP contribution is -2.39. The lowest BCUT2D eigenvalue weighted by Gasteiger charge is -2.11. The molecule has 0 aliphatic heterocycles. The van der Waals surface area contributed by atoms with Gasteiger partial charge in [-0.15, -0.1) is 35.3 Å². The van der Waals surface area contributed by atoms with Crippen LogP contribution in [-0.2, 0) is 19.3 Å². The van der Waals surface area contributed by atoms with Gasteiger partial charge in [-0.3, -0.25) is 9.98 Å². The minimum Gasteiger partial charge on any atom is -0.356 e. The van der Waals surface area contributed by atoms with Gasteiger partial charge in [0, 0.05) is 50.2 Å². The van der Waals surface area contributed by atoms with Crippen LogP contribution >= 0.6 is 35.3 Å². The predicted molar refractivity (Wildman–Crippen MR) is 108 cm³/mol. The fourth-order valence-corrected chi connectivity index (χ4v) is 2.79. The maximum Gasteiger partial charge on any atom is 0.191 e. The van der Waals surface area contributed by atoms with Crippen molar-refractivity contribution in [2.45, 2.75) is 26.2 Å². The zero-order chi connectivity index (χ0) is 15.6. The maximum atomic E-state index is 4.56. The Morgan fingerprint density at radius 2 is 1.91 bits per heavy atom. The highest BCUT2D eigenvalue weighted by Crippen LogP contribution is 2.10. The Morgan fingerprint density at radius 3 is 2.48 bits per heavy atom. The van der Waals surface area contributed by atoms with Gasteiger partial charge in [0.15, 0.2) is 5.96 Å². The molecule has 0 aliphatic rings. The summed E-state index contributed by atoms with van der Waals surface area (Å²) in [6.07, 6.45) is 4.63. The van der Waals surface area contributed by atoms with Crippen molar-refractivity contribution in [1.82, 2.24) is 20.6 Å². The standard InChI is InChI=1S/C16H23N5S.HI/c1-3-15-21-14(12-22-15)8-11-20-16(17-2)19-10-7-13-6-4-5-9-18-13;/h4-6,9,12H,3,7-8,10-11H2,1-2H3,(H2,17,19,20);1H. The molecule has 2 heterocycles. The van der Waals surface area contributed by atoms with E-state index in [1.807, 2.05) is 24.4 Å². The summed E-state index contributed by atoms with van der Waals surface area (Å²) in [7, 11) is 1.79. The Kier molecular flexibility index (Phi) is 9.77. The summed E-state index contributed by atoms with van der Waals surface area (Å²) in [6, 6.07) is 5.97. The minimum atomic E-state index is 0. The Hall–Kier alpha value is -1.22. The Bertz CT molecular complexity index is 585. The summed E-state index contributed by atoms with van der Waals surface area (Å²) in [4.78, 5) is 13.1. The minimum absolute atomic E-state index is 0. The Labute approximate surface area is 159 Å². The number of pyridine rings is 1. The number of guanidine groups is 1. The molecule has 0 bridgehead atoms. The lowest BCUT2D eigenvalue weighted by atomic mass is 10.3. The van der Waals surface area contributed by atoms with E-state index in [1.54, 1.807) is 18.4 Å². The molecule has 5 nitrogen and oxygen atoms in total. The Morgan fingerprint density at radius 1 is 1.17 bits per heavy atom. The van der Waals surface area contributed by atoms with E-state index in [2.05, 4.69) is 37.9 Å². The first-order chi connectivity index (χ1) is 10.8. The second-order valence-electron chi connectivity index (χ2n) is 4.83. The van der Waals surface area contributed by atoms with Crippen LogP contribution in [0.2, 0.25) is 0 Å². The van der Waals surface area contributed by atoms with Crippen LogP contribution in [0.25, 0.3) is 0 Å². The van der Waals surface area contributed by atoms with Crippen molar-refractivity contribution in [1.29, 1.82) is 0 Å². The van der Waals surface area contributed by atoms with Crippen LogP contribution in [0.3, 0.4) is 0 Å². The highest BCUT2D eigenvalue weighted by Gasteiger charge is 2.02. The van der Waals surface area contributed by atoms with Gasteiger partial charge in [-0.1, -0.05) is 13.0 Å². The van der Waals surface area contributed by atoms with Crippen LogP contribution in [0.1, 0.15) is 23.3 Å². The molecule has 0 amide bonds. The second kappa shape index (κ2) is 11.3. The molecule has 2 rings (SSSR count). The van der Waals surface area contributed by atoms with E-state index in [4.69, 9.17) is 0 Å². The van der Waals surface area contributed by atoms with Crippen molar-refractivity contribution < 1.29 is 0 Å². The predicted octanol–water partition coefficient (Wildman–Crippen LogP) is 2.67. The van der Waals surface area contributed by atoms with Gasteiger partial charge in [0.1, 0.15) is 0 Å². The molecule has 0 unspecified atom stereocenters. The van der Waals surface area contributed by atoms with E-state index < -0.39 is 0 Å². The first kappa shape index (κ1) is 19.8. The summed E-state index contributed by atoms with van der Waals surface area (Å²) < 4.78 is 0. The SMILES string of the molecule is CCc1nc(CCNC(=NC)NCCc2ccccn2)cs1.I. The molecule has 2 aromatic rings. The van der Waals surface area contributed by atoms with Gasteiger partial charge < -0.3 is 10.6 Å². The zero-order valence-corrected chi connectivity index (χ0v) is 16.7. The molecule has 0 aromatic carbocycles. The highest BCUT2D eigenvalue weighted by molar-refractivity contribution is 14.0. The number of nitrogens with zero attached hydrogens (tertiary/aromatic N) is 3. The highest BCUT2D eigenvalue weighted by atomic mass is 127. The van der Waals surface area contributed by atoms with Gasteiger partial charge >= 0.3 is 0 Å². The molecule has 0 spiro atoms. The van der Waals surface area contributed by atoms with Gasteiger partial charge in [0.2, 0.25) is 0 Å². The average molecular weight is 445 g/mol. The fourth-order valence-electron chi connectivity index (χ4n) is 2.01. The molecule has 0 saturated carbocycles. The molecular weight excluding hydrogens is 421 g/mol. The van der Waals surface area contributed by atoms with Crippen LogP contribution in [0.5, 0.6) is 0 Å². The number of aliphatic imine (C=N–C) groups is 1. The van der Waals surface area contributed by atoms with Crippen LogP contribution < -0.4 is 10.6 Å². The molecule has 23 heavy (non-hydrogen) atoms. The lowest BCUT2D eigenvalue weighted by molar-refractivity contribution is 0.770. The van der Waals surface area contributed by atoms with Crippen LogP contribution in [-0.4, -0.2) is 36.1 Å². The largest absolute Gasteiger partial charge is 0.356 e. The molecule has 126 valence electrons. The van der Waals surface area contributed by atoms with E-state index in [9.17, 15) is 0 Å². The fraction of sp³-hybridized carbons (Fsp3) is 0.438. The van der Waals surface area contributed by atoms with Gasteiger partial charge in [-0.05, 0) is 18.6 Å². The van der Waals surface area contributed by atoms with E-state index in [0.717, 1.165) is 49.7 Å². The van der Waals surface area contributed by atoms with E-state index in [0.29, 0.717) is 0 Å². The second-order valence-corrected chi connectivity index (χ2v) is 5.78. The number of aryl methyl sites for hydroxylation is 1. The molecule has 0 aliphatic carbocycles. The van der Waals surface area contributed by atoms with Crippen molar-refractivity contribution >= 4 is 41.3 Å². The van der Waals surface area contributed by atoms with Crippen molar-refractivity contribution in [3.63, 3.8) is 0 Å². The summed E-state index contributed by atoms with van der Waals surface area (Å²) in [5.74, 6) is 0.821. The summed E-state index contributed by atoms with van der Waals surface area (Å²) in [5, 5.41) is 9.95. The monoisotopic (exact) mass is 445 g/mol. The average Bonchev–Trinajstić information content (AvgIpc) is 3.02. The van der Waals surface area contributed by atoms with Gasteiger partial charge in [0.05, 0.1) is 10.7 Å². The normalized spacial score (nSPS) is 11.0. The molecule has 2 aromatic heterocycles. The van der Waals surface area contributed by atoms with Crippen molar-refractivity contribution in [3.05, 3.63) is 46.2 Å². The molecule has 0 atom stereocenters. The van der Waals surface area contributed by atoms with E-state index in [-0.39, 0.29) is 24.0 Å².